The van der Waals surface area contributed by atoms with E-state index < -0.39 is 0 Å². The molecule has 3 heterocycles. The van der Waals surface area contributed by atoms with E-state index in [0.717, 1.165) is 34.3 Å². The molecule has 28 heavy (non-hydrogen) atoms. The molecule has 0 aromatic carbocycles. The van der Waals surface area contributed by atoms with Crippen molar-refractivity contribution in [2.24, 2.45) is 10.2 Å². The maximum atomic E-state index is 4.52. The van der Waals surface area contributed by atoms with Gasteiger partial charge < -0.3 is 0 Å². The number of nitrogens with one attached hydrogen (secondary N) is 2. The summed E-state index contributed by atoms with van der Waals surface area (Å²) in [6.07, 6.45) is 12.7. The monoisotopic (exact) mass is 416 g/mol. The number of hydrogen-bond acceptors (Lipinski definition) is 6. The van der Waals surface area contributed by atoms with Gasteiger partial charge in [-0.05, 0) is 59.7 Å². The molecular weight excluding hydrogens is 384 g/mol. The van der Waals surface area contributed by atoms with Gasteiger partial charge in [-0.3, -0.25) is 10.9 Å². The molecule has 0 unspecified atom stereocenters. The van der Waals surface area contributed by atoms with Crippen LogP contribution in [0.4, 0.5) is 0 Å². The summed E-state index contributed by atoms with van der Waals surface area (Å²) in [6, 6.07) is 4.48. The molecule has 0 amide bonds. The number of amidine groups is 2. The number of unbranched alkanes of at least 4 members (excludes halogenated alkanes) is 6. The Bertz CT molecular complexity index is 722. The Balaban J connectivity index is 1.49. The van der Waals surface area contributed by atoms with Crippen LogP contribution in [0, 0.1) is 0 Å². The van der Waals surface area contributed by atoms with Crippen molar-refractivity contribution in [3.05, 3.63) is 43.8 Å². The van der Waals surface area contributed by atoms with Crippen LogP contribution < -0.4 is 10.9 Å². The zero-order valence-corrected chi connectivity index (χ0v) is 18.7. The van der Waals surface area contributed by atoms with Crippen LogP contribution in [0.15, 0.2) is 33.1 Å². The van der Waals surface area contributed by atoms with Crippen molar-refractivity contribution in [3.8, 4) is 0 Å². The van der Waals surface area contributed by atoms with E-state index in [-0.39, 0.29) is 0 Å². The van der Waals surface area contributed by atoms with Crippen molar-refractivity contribution in [2.45, 2.75) is 78.1 Å². The fraction of sp³-hybridized carbons (Fsp3) is 0.545. The van der Waals surface area contributed by atoms with Crippen molar-refractivity contribution >= 4 is 34.3 Å². The van der Waals surface area contributed by atoms with Crippen LogP contribution in [-0.4, -0.2) is 11.7 Å². The molecule has 0 saturated heterocycles. The van der Waals surface area contributed by atoms with Crippen LogP contribution in [0.25, 0.3) is 0 Å². The number of nitrogens with zero attached hydrogens (tertiary/aromatic N) is 2. The van der Waals surface area contributed by atoms with E-state index in [1.54, 1.807) is 22.7 Å². The predicted octanol–water partition coefficient (Wildman–Crippen LogP) is 6.27. The third-order valence-electron chi connectivity index (χ3n) is 4.96. The van der Waals surface area contributed by atoms with Gasteiger partial charge in [0.25, 0.3) is 0 Å². The largest absolute Gasteiger partial charge is 0.257 e. The number of hydrogen-bond donors (Lipinski definition) is 2. The lowest BCUT2D eigenvalue weighted by atomic mass is 10.1. The molecule has 4 nitrogen and oxygen atoms in total. The van der Waals surface area contributed by atoms with Crippen LogP contribution in [-0.2, 0) is 12.8 Å². The summed E-state index contributed by atoms with van der Waals surface area (Å²) in [5.41, 5.74) is 9.08. The van der Waals surface area contributed by atoms with Gasteiger partial charge in [-0.25, -0.2) is 0 Å². The summed E-state index contributed by atoms with van der Waals surface area (Å²) in [5, 5.41) is 13.5. The summed E-state index contributed by atoms with van der Waals surface area (Å²) >= 11 is 3.47. The molecule has 0 radical (unpaired) electrons. The van der Waals surface area contributed by atoms with Gasteiger partial charge in [0, 0.05) is 0 Å². The third kappa shape index (κ3) is 6.17. The highest BCUT2D eigenvalue weighted by Crippen LogP contribution is 2.20. The highest BCUT2D eigenvalue weighted by Gasteiger charge is 2.15. The van der Waals surface area contributed by atoms with Gasteiger partial charge in [0.05, 0.1) is 9.75 Å². The van der Waals surface area contributed by atoms with Crippen LogP contribution in [0.3, 0.4) is 0 Å². The first-order chi connectivity index (χ1) is 13.8. The van der Waals surface area contributed by atoms with Crippen LogP contribution >= 0.6 is 22.7 Å². The lowest BCUT2D eigenvalue weighted by molar-refractivity contribution is 0.667. The lowest BCUT2D eigenvalue weighted by Crippen LogP contribution is -2.33. The maximum absolute atomic E-state index is 4.52. The summed E-state index contributed by atoms with van der Waals surface area (Å²) in [5.74, 6) is 1.62. The van der Waals surface area contributed by atoms with Gasteiger partial charge in [-0.2, -0.15) is 10.2 Å². The molecule has 3 rings (SSSR count). The quantitative estimate of drug-likeness (QED) is 0.401. The van der Waals surface area contributed by atoms with Crippen LogP contribution in [0.5, 0.6) is 0 Å². The van der Waals surface area contributed by atoms with E-state index in [4.69, 9.17) is 0 Å². The van der Waals surface area contributed by atoms with Gasteiger partial charge >= 0.3 is 0 Å². The molecular formula is C22H32N4S2. The van der Waals surface area contributed by atoms with Crippen molar-refractivity contribution in [2.75, 3.05) is 0 Å². The molecule has 0 spiro atoms. The number of rotatable bonds is 12. The Morgan fingerprint density at radius 1 is 0.679 bits per heavy atom. The molecule has 1 aliphatic heterocycles. The van der Waals surface area contributed by atoms with E-state index in [0.29, 0.717) is 0 Å². The van der Waals surface area contributed by atoms with Crippen molar-refractivity contribution in [1.29, 1.82) is 0 Å². The van der Waals surface area contributed by atoms with Crippen molar-refractivity contribution < 1.29 is 0 Å². The molecule has 0 fully saturated rings. The second-order valence-electron chi connectivity index (χ2n) is 7.40. The van der Waals surface area contributed by atoms with Crippen LogP contribution in [0.1, 0.15) is 86.1 Å². The Hall–Kier alpha value is -1.66. The first-order valence-corrected chi connectivity index (χ1v) is 12.4. The highest BCUT2D eigenvalue weighted by atomic mass is 32.1. The minimum absolute atomic E-state index is 0.810. The van der Waals surface area contributed by atoms with Gasteiger partial charge in [0.15, 0.2) is 11.7 Å². The fourth-order valence-electron chi connectivity index (χ4n) is 3.26. The number of aryl methyl sites for hydroxylation is 2. The standard InChI is InChI=1S/C22H32N4S2/c1-3-5-7-9-11-17-13-19(27-15-17)21-23-25-22(26-24-21)20-14-18(16-28-20)12-10-8-6-4-2/h13-16H,3-12H2,1-2H3,(H,23,24)(H,25,26). The zero-order chi connectivity index (χ0) is 19.6. The molecule has 2 aromatic heterocycles. The third-order valence-corrected chi connectivity index (χ3v) is 6.93. The SMILES string of the molecule is CCCCCCc1csc(C2=NNC(c3cc(CCCCCC)cs3)=NN2)c1. The Morgan fingerprint density at radius 3 is 1.54 bits per heavy atom. The molecule has 2 aromatic rings. The minimum atomic E-state index is 0.810. The average molecular weight is 417 g/mol. The maximum Gasteiger partial charge on any atom is 0.183 e. The van der Waals surface area contributed by atoms with Gasteiger partial charge in [-0.15, -0.1) is 22.7 Å². The second-order valence-corrected chi connectivity index (χ2v) is 9.23. The summed E-state index contributed by atoms with van der Waals surface area (Å²) in [6.45, 7) is 4.50. The Labute approximate surface area is 177 Å². The Morgan fingerprint density at radius 2 is 1.14 bits per heavy atom. The van der Waals surface area contributed by atoms with E-state index in [9.17, 15) is 0 Å². The summed E-state index contributed by atoms with van der Waals surface area (Å²) < 4.78 is 0. The molecule has 2 N–H and O–H groups in total. The van der Waals surface area contributed by atoms with Crippen LogP contribution in [0.2, 0.25) is 0 Å². The summed E-state index contributed by atoms with van der Waals surface area (Å²) in [4.78, 5) is 2.28. The zero-order valence-electron chi connectivity index (χ0n) is 17.1. The molecule has 1 aliphatic rings. The highest BCUT2D eigenvalue weighted by molar-refractivity contribution is 7.12. The second kappa shape index (κ2) is 11.4. The van der Waals surface area contributed by atoms with E-state index in [1.165, 1.54) is 62.5 Å². The average Bonchev–Trinajstić information content (AvgIpc) is 3.39. The molecule has 6 heteroatoms. The molecule has 152 valence electrons. The topological polar surface area (TPSA) is 48.8 Å². The van der Waals surface area contributed by atoms with Gasteiger partial charge in [0.2, 0.25) is 0 Å². The van der Waals surface area contributed by atoms with E-state index >= 15 is 0 Å². The van der Waals surface area contributed by atoms with E-state index in [2.05, 4.69) is 57.8 Å². The molecule has 0 saturated carbocycles. The molecule has 0 atom stereocenters. The normalized spacial score (nSPS) is 13.6. The minimum Gasteiger partial charge on any atom is -0.257 e. The smallest absolute Gasteiger partial charge is 0.183 e. The first-order valence-electron chi connectivity index (χ1n) is 10.6. The van der Waals surface area contributed by atoms with E-state index in [1.807, 2.05) is 0 Å². The number of hydrazone groups is 2. The first kappa shape index (κ1) is 21.1. The number of thiophene rings is 2. The molecule has 0 aliphatic carbocycles. The fourth-order valence-corrected chi connectivity index (χ4v) is 5.03. The van der Waals surface area contributed by atoms with Gasteiger partial charge in [0.1, 0.15) is 0 Å². The summed E-state index contributed by atoms with van der Waals surface area (Å²) in [7, 11) is 0. The lowest BCUT2D eigenvalue weighted by Gasteiger charge is -2.12. The van der Waals surface area contributed by atoms with Crippen molar-refractivity contribution in [3.63, 3.8) is 0 Å². The predicted molar refractivity (Wildman–Crippen MR) is 124 cm³/mol. The van der Waals surface area contributed by atoms with Crippen molar-refractivity contribution in [1.82, 2.24) is 10.9 Å². The van der Waals surface area contributed by atoms with Gasteiger partial charge in [-0.1, -0.05) is 52.4 Å². The molecule has 0 bridgehead atoms. The Kier molecular flexibility index (Phi) is 8.55.